The lowest BCUT2D eigenvalue weighted by molar-refractivity contribution is 0.101. The van der Waals surface area contributed by atoms with Gasteiger partial charge in [0, 0.05) is 42.2 Å². The number of ether oxygens (including phenoxy) is 1. The van der Waals surface area contributed by atoms with E-state index in [1.54, 1.807) is 36.7 Å². The highest BCUT2D eigenvalue weighted by molar-refractivity contribution is 6.17. The predicted molar refractivity (Wildman–Crippen MR) is 111 cm³/mol. The molecule has 3 aromatic heterocycles. The molecule has 7 heteroatoms. The van der Waals surface area contributed by atoms with Crippen molar-refractivity contribution in [2.24, 2.45) is 7.05 Å². The molecular weight excluding hydrogens is 382 g/mol. The number of carbonyl (C=O) groups excluding carboxylic acids is 1. The Hall–Kier alpha value is -3.97. The van der Waals surface area contributed by atoms with Gasteiger partial charge in [0.25, 0.3) is 0 Å². The van der Waals surface area contributed by atoms with Gasteiger partial charge in [-0.1, -0.05) is 12.1 Å². The molecule has 2 N–H and O–H groups in total. The second-order valence-electron chi connectivity index (χ2n) is 7.04. The zero-order valence-corrected chi connectivity index (χ0v) is 16.0. The third kappa shape index (κ3) is 2.75. The van der Waals surface area contributed by atoms with Gasteiger partial charge in [-0.05, 0) is 35.9 Å². The molecule has 1 aliphatic heterocycles. The van der Waals surface area contributed by atoms with E-state index in [4.69, 9.17) is 4.74 Å². The van der Waals surface area contributed by atoms with Crippen LogP contribution in [0.2, 0.25) is 0 Å². The van der Waals surface area contributed by atoms with Crippen molar-refractivity contribution in [3.63, 3.8) is 0 Å². The summed E-state index contributed by atoms with van der Waals surface area (Å²) in [7, 11) is 1.88. The molecule has 4 aromatic rings. The second kappa shape index (κ2) is 6.82. The average Bonchev–Trinajstić information content (AvgIpc) is 3.26. The highest BCUT2D eigenvalue weighted by atomic mass is 16.5. The van der Waals surface area contributed by atoms with Gasteiger partial charge >= 0.3 is 0 Å². The van der Waals surface area contributed by atoms with Gasteiger partial charge in [0.2, 0.25) is 5.78 Å². The van der Waals surface area contributed by atoms with Crippen LogP contribution in [-0.4, -0.2) is 30.5 Å². The third-order valence-corrected chi connectivity index (χ3v) is 5.15. The molecule has 0 saturated carbocycles. The summed E-state index contributed by atoms with van der Waals surface area (Å²) in [5, 5.41) is 20.1. The predicted octanol–water partition coefficient (Wildman–Crippen LogP) is 3.45. The van der Waals surface area contributed by atoms with Crippen molar-refractivity contribution >= 4 is 22.9 Å². The first-order valence-corrected chi connectivity index (χ1v) is 9.33. The van der Waals surface area contributed by atoms with Crippen molar-refractivity contribution in [2.45, 2.75) is 6.61 Å². The number of aromatic nitrogens is 3. The summed E-state index contributed by atoms with van der Waals surface area (Å²) in [5.74, 6) is 0.0203. The number of phenolic OH excluding ortho intramolecular Hbond substituents is 1. The van der Waals surface area contributed by atoms with Crippen molar-refractivity contribution in [1.29, 1.82) is 0 Å². The lowest BCUT2D eigenvalue weighted by Crippen LogP contribution is -1.98. The molecule has 0 aliphatic carbocycles. The number of nitrogens with zero attached hydrogens (tertiary/aromatic N) is 3. The van der Waals surface area contributed by atoms with Crippen LogP contribution in [-0.2, 0) is 13.7 Å². The van der Waals surface area contributed by atoms with Crippen LogP contribution in [0.15, 0.2) is 60.7 Å². The van der Waals surface area contributed by atoms with Crippen molar-refractivity contribution in [1.82, 2.24) is 14.5 Å². The highest BCUT2D eigenvalue weighted by Crippen LogP contribution is 2.39. The van der Waals surface area contributed by atoms with Gasteiger partial charge in [-0.2, -0.15) is 0 Å². The largest absolute Gasteiger partial charge is 0.507 e. The van der Waals surface area contributed by atoms with E-state index < -0.39 is 0 Å². The zero-order chi connectivity index (χ0) is 20.8. The summed E-state index contributed by atoms with van der Waals surface area (Å²) in [6.45, 7) is -0.123. The molecule has 0 unspecified atom stereocenters. The summed E-state index contributed by atoms with van der Waals surface area (Å²) >= 11 is 0. The summed E-state index contributed by atoms with van der Waals surface area (Å²) < 4.78 is 7.60. The summed E-state index contributed by atoms with van der Waals surface area (Å²) in [5.41, 5.74) is 4.03. The maximum absolute atomic E-state index is 12.8. The lowest BCUT2D eigenvalue weighted by atomic mass is 10.0. The smallest absolute Gasteiger partial charge is 0.235 e. The van der Waals surface area contributed by atoms with E-state index in [1.165, 1.54) is 6.07 Å². The lowest BCUT2D eigenvalue weighted by Gasteiger charge is -2.06. The topological polar surface area (TPSA) is 97.5 Å². The van der Waals surface area contributed by atoms with Gasteiger partial charge in [0.1, 0.15) is 22.7 Å². The summed E-state index contributed by atoms with van der Waals surface area (Å²) in [4.78, 5) is 21.5. The maximum Gasteiger partial charge on any atom is 0.235 e. The number of rotatable bonds is 3. The SMILES string of the molecule is Cn1cc(/C=C2\Oc3cccc(O)c3C2=O)c2c(-c3ccc(CO)nc3)ccnc21. The Morgan fingerprint density at radius 3 is 2.77 bits per heavy atom. The van der Waals surface area contributed by atoms with Gasteiger partial charge in [-0.25, -0.2) is 4.98 Å². The first-order chi connectivity index (χ1) is 14.6. The van der Waals surface area contributed by atoms with Gasteiger partial charge in [0.05, 0.1) is 12.3 Å². The molecule has 1 aliphatic rings. The van der Waals surface area contributed by atoms with Crippen molar-refractivity contribution in [2.75, 3.05) is 0 Å². The Kier molecular flexibility index (Phi) is 4.11. The number of Topliss-reactive ketones (excluding diaryl/α,β-unsaturated/α-hetero) is 1. The molecule has 148 valence electrons. The monoisotopic (exact) mass is 399 g/mol. The average molecular weight is 399 g/mol. The number of aryl methyl sites for hydroxylation is 1. The van der Waals surface area contributed by atoms with E-state index in [0.29, 0.717) is 11.4 Å². The van der Waals surface area contributed by atoms with Crippen LogP contribution in [0.5, 0.6) is 11.5 Å². The Morgan fingerprint density at radius 1 is 1.17 bits per heavy atom. The molecule has 0 saturated heterocycles. The number of aliphatic hydroxyl groups excluding tert-OH is 1. The molecule has 4 heterocycles. The highest BCUT2D eigenvalue weighted by Gasteiger charge is 2.30. The molecule has 0 bridgehead atoms. The Labute approximate surface area is 171 Å². The van der Waals surface area contributed by atoms with Crippen molar-refractivity contribution < 1.29 is 19.7 Å². The minimum Gasteiger partial charge on any atom is -0.507 e. The number of phenols is 1. The number of benzene rings is 1. The van der Waals surface area contributed by atoms with Crippen LogP contribution >= 0.6 is 0 Å². The molecule has 0 atom stereocenters. The minimum absolute atomic E-state index is 0.101. The van der Waals surface area contributed by atoms with E-state index in [-0.39, 0.29) is 29.5 Å². The van der Waals surface area contributed by atoms with Crippen LogP contribution in [0.3, 0.4) is 0 Å². The fourth-order valence-corrected chi connectivity index (χ4v) is 3.72. The van der Waals surface area contributed by atoms with Gasteiger partial charge in [-0.3, -0.25) is 9.78 Å². The van der Waals surface area contributed by atoms with Crippen LogP contribution in [0.1, 0.15) is 21.6 Å². The van der Waals surface area contributed by atoms with Crippen molar-refractivity contribution in [3.05, 3.63) is 77.6 Å². The minimum atomic E-state index is -0.362. The summed E-state index contributed by atoms with van der Waals surface area (Å²) in [6, 6.07) is 10.3. The van der Waals surface area contributed by atoms with Crippen LogP contribution in [0.25, 0.3) is 28.2 Å². The molecule has 0 amide bonds. The van der Waals surface area contributed by atoms with Crippen molar-refractivity contribution in [3.8, 4) is 22.6 Å². The zero-order valence-electron chi connectivity index (χ0n) is 16.0. The van der Waals surface area contributed by atoms with Crippen LogP contribution in [0.4, 0.5) is 0 Å². The number of allylic oxidation sites excluding steroid dienone is 1. The Bertz CT molecular complexity index is 1340. The summed E-state index contributed by atoms with van der Waals surface area (Å²) in [6.07, 6.45) is 6.98. The number of hydrogen-bond acceptors (Lipinski definition) is 6. The normalized spacial score (nSPS) is 14.3. The maximum atomic E-state index is 12.8. The number of carbonyl (C=O) groups is 1. The van der Waals surface area contributed by atoms with Crippen LogP contribution < -0.4 is 4.74 Å². The molecule has 0 fully saturated rings. The number of aliphatic hydroxyl groups is 1. The molecule has 5 rings (SSSR count). The number of hydrogen-bond donors (Lipinski definition) is 2. The number of ketones is 1. The molecule has 30 heavy (non-hydrogen) atoms. The van der Waals surface area contributed by atoms with E-state index in [0.717, 1.165) is 27.7 Å². The Balaban J connectivity index is 1.67. The standard InChI is InChI=1S/C23H17N3O4/c1-26-11-14(9-19-22(29)21-17(28)3-2-4-18(21)30-19)20-16(7-8-24-23(20)26)13-5-6-15(12-27)25-10-13/h2-11,27-28H,12H2,1H3/b19-9-. The molecular formula is C23H17N3O4. The van der Waals surface area contributed by atoms with Gasteiger partial charge in [-0.15, -0.1) is 0 Å². The fourth-order valence-electron chi connectivity index (χ4n) is 3.72. The van der Waals surface area contributed by atoms with Gasteiger partial charge < -0.3 is 19.5 Å². The van der Waals surface area contributed by atoms with E-state index in [2.05, 4.69) is 9.97 Å². The first kappa shape index (κ1) is 18.1. The van der Waals surface area contributed by atoms with E-state index in [1.807, 2.05) is 29.9 Å². The second-order valence-corrected chi connectivity index (χ2v) is 7.04. The molecule has 0 radical (unpaired) electrons. The molecule has 7 nitrogen and oxygen atoms in total. The van der Waals surface area contributed by atoms with E-state index >= 15 is 0 Å². The van der Waals surface area contributed by atoms with E-state index in [9.17, 15) is 15.0 Å². The van der Waals surface area contributed by atoms with Crippen LogP contribution in [0, 0.1) is 0 Å². The molecule has 0 spiro atoms. The van der Waals surface area contributed by atoms with Gasteiger partial charge in [0.15, 0.2) is 5.76 Å². The first-order valence-electron chi connectivity index (χ1n) is 9.33. The fraction of sp³-hybridized carbons (Fsp3) is 0.0870. The number of aromatic hydroxyl groups is 1. The third-order valence-electron chi connectivity index (χ3n) is 5.15. The number of fused-ring (bicyclic) bond motifs is 2. The molecule has 1 aromatic carbocycles. The number of pyridine rings is 2. The Morgan fingerprint density at radius 2 is 2.03 bits per heavy atom. The quantitative estimate of drug-likeness (QED) is 0.512.